The largest absolute Gasteiger partial charge is 1.00 e. The zero-order valence-electron chi connectivity index (χ0n) is 12.3. The minimum absolute atomic E-state index is 0. The molecule has 1 unspecified atom stereocenters. The van der Waals surface area contributed by atoms with E-state index in [0.29, 0.717) is 12.4 Å². The molecule has 2 nitrogen and oxygen atoms in total. The van der Waals surface area contributed by atoms with E-state index in [1.165, 1.54) is 16.9 Å². The Hall–Kier alpha value is 1.78. The van der Waals surface area contributed by atoms with Gasteiger partial charge in [0.25, 0.3) is 0 Å². The normalized spacial score (nSPS) is 14.6. The summed E-state index contributed by atoms with van der Waals surface area (Å²) in [6.45, 7) is 8.75. The molecule has 0 bridgehead atoms. The van der Waals surface area contributed by atoms with Crippen LogP contribution in [0.2, 0.25) is 0 Å². The summed E-state index contributed by atoms with van der Waals surface area (Å²) in [6.07, 6.45) is 0. The first kappa shape index (κ1) is 20.8. The Balaban J connectivity index is 0.00000324. The summed E-state index contributed by atoms with van der Waals surface area (Å²) < 4.78 is 5.06. The zero-order chi connectivity index (χ0) is 13.8. The van der Waals surface area contributed by atoms with E-state index < -0.39 is 5.69 Å². The minimum atomic E-state index is -2.90. The molecule has 0 fully saturated rings. The van der Waals surface area contributed by atoms with E-state index >= 15 is 0 Å². The van der Waals surface area contributed by atoms with E-state index in [9.17, 15) is 4.89 Å². The van der Waals surface area contributed by atoms with Crippen molar-refractivity contribution in [3.8, 4) is 0 Å². The van der Waals surface area contributed by atoms with Crippen LogP contribution in [0.4, 0.5) is 0 Å². The molecule has 19 heavy (non-hydrogen) atoms. The Morgan fingerprint density at radius 2 is 1.79 bits per heavy atom. The molecule has 1 rings (SSSR count). The van der Waals surface area contributed by atoms with E-state index in [-0.39, 0.29) is 56.8 Å². The van der Waals surface area contributed by atoms with Crippen molar-refractivity contribution in [2.45, 2.75) is 38.9 Å². The molecule has 0 saturated carbocycles. The van der Waals surface area contributed by atoms with Crippen molar-refractivity contribution in [1.29, 1.82) is 0 Å². The molecule has 0 heterocycles. The fourth-order valence-corrected chi connectivity index (χ4v) is 4.59. The minimum Gasteiger partial charge on any atom is -0.793 e. The predicted octanol–water partition coefficient (Wildman–Crippen LogP) is 0.843. The first-order chi connectivity index (χ1) is 8.24. The Morgan fingerprint density at radius 3 is 2.21 bits per heavy atom. The smallest absolute Gasteiger partial charge is 0.793 e. The van der Waals surface area contributed by atoms with Crippen molar-refractivity contribution in [3.63, 3.8) is 0 Å². The zero-order valence-corrected chi connectivity index (χ0v) is 18.0. The van der Waals surface area contributed by atoms with Gasteiger partial charge in [-0.2, -0.15) is 0 Å². The van der Waals surface area contributed by atoms with Crippen LogP contribution in [0.5, 0.6) is 0 Å². The van der Waals surface area contributed by atoms with Gasteiger partial charge in [0.2, 0.25) is 0 Å². The maximum atomic E-state index is 11.8. The molecule has 0 N–H and O–H groups in total. The third-order valence-electron chi connectivity index (χ3n) is 2.50. The van der Waals surface area contributed by atoms with Crippen LogP contribution >= 0.6 is 17.1 Å². The first-order valence-corrected chi connectivity index (χ1v) is 10.2. The van der Waals surface area contributed by atoms with E-state index in [1.54, 1.807) is 6.92 Å². The third kappa shape index (κ3) is 8.10. The molecule has 0 radical (unpaired) electrons. The van der Waals surface area contributed by atoms with Gasteiger partial charge in [-0.15, -0.1) is 11.4 Å². The Bertz CT molecular complexity index is 429. The molecule has 6 heteroatoms. The van der Waals surface area contributed by atoms with Gasteiger partial charge in [0.1, 0.15) is 0 Å². The second-order valence-corrected chi connectivity index (χ2v) is 11.1. The summed E-state index contributed by atoms with van der Waals surface area (Å²) in [7, 11) is 0. The molecular formula is C13H20KO2PS2. The van der Waals surface area contributed by atoms with Gasteiger partial charge in [-0.3, -0.25) is 0 Å². The van der Waals surface area contributed by atoms with Crippen molar-refractivity contribution in [2.24, 2.45) is 0 Å². The van der Waals surface area contributed by atoms with E-state index in [1.807, 2.05) is 0 Å². The Kier molecular flexibility index (Phi) is 9.88. The Labute approximate surface area is 168 Å². The van der Waals surface area contributed by atoms with Gasteiger partial charge in [-0.25, -0.2) is 0 Å². The van der Waals surface area contributed by atoms with E-state index in [2.05, 4.69) is 45.0 Å². The maximum absolute atomic E-state index is 11.8. The van der Waals surface area contributed by atoms with Crippen LogP contribution in [-0.2, 0) is 27.5 Å². The molecule has 0 aliphatic carbocycles. The van der Waals surface area contributed by atoms with Crippen LogP contribution in [0, 0.1) is 0 Å². The number of hydrogen-bond donors (Lipinski definition) is 0. The monoisotopic (exact) mass is 342 g/mol. The van der Waals surface area contributed by atoms with Gasteiger partial charge in [0, 0.05) is 18.1 Å². The van der Waals surface area contributed by atoms with Crippen LogP contribution in [-0.4, -0.2) is 6.61 Å². The number of hydrogen-bond acceptors (Lipinski definition) is 4. The third-order valence-corrected chi connectivity index (χ3v) is 6.77. The molecule has 0 spiro atoms. The number of benzene rings is 1. The predicted molar refractivity (Wildman–Crippen MR) is 82.3 cm³/mol. The van der Waals surface area contributed by atoms with Gasteiger partial charge < -0.3 is 9.42 Å². The van der Waals surface area contributed by atoms with Crippen LogP contribution in [0.3, 0.4) is 0 Å². The standard InChI is InChI=1S/C13H21O2PS2.K/c1-5-15-16(14,17)18-10-11-6-8-12(9-7-11)13(2,3)4;/h6-9H,5,10H2,1-4H3,(H,14,17);/q;+1/p-1. The SMILES string of the molecule is CCOP([O-])(=S)SCc1ccc(C(C)(C)C)cc1.[K+]. The summed E-state index contributed by atoms with van der Waals surface area (Å²) in [5.74, 6) is 0.630. The fraction of sp³-hybridized carbons (Fsp3) is 0.538. The average molecular weight is 343 g/mol. The molecule has 1 atom stereocenters. The van der Waals surface area contributed by atoms with Gasteiger partial charge in [0.15, 0.2) is 0 Å². The summed E-state index contributed by atoms with van der Waals surface area (Å²) in [5, 5.41) is 0. The van der Waals surface area contributed by atoms with Crippen LogP contribution in [0.1, 0.15) is 38.8 Å². The topological polar surface area (TPSA) is 32.3 Å². The summed E-state index contributed by atoms with van der Waals surface area (Å²) >= 11 is 6.14. The van der Waals surface area contributed by atoms with Crippen molar-refractivity contribution in [1.82, 2.24) is 0 Å². The average Bonchev–Trinajstić information content (AvgIpc) is 2.26. The van der Waals surface area contributed by atoms with E-state index in [4.69, 9.17) is 16.3 Å². The molecule has 1 aromatic rings. The molecule has 0 aromatic heterocycles. The summed E-state index contributed by atoms with van der Waals surface area (Å²) in [6, 6.07) is 8.36. The second-order valence-electron chi connectivity index (χ2n) is 5.09. The fourth-order valence-electron chi connectivity index (χ4n) is 1.45. The van der Waals surface area contributed by atoms with Gasteiger partial charge in [-0.05, 0) is 23.5 Å². The molecule has 1 aromatic carbocycles. The molecular weight excluding hydrogens is 322 g/mol. The molecule has 0 aliphatic heterocycles. The quantitative estimate of drug-likeness (QED) is 0.586. The van der Waals surface area contributed by atoms with Crippen LogP contribution in [0.15, 0.2) is 24.3 Å². The van der Waals surface area contributed by atoms with Crippen molar-refractivity contribution < 1.29 is 60.8 Å². The number of rotatable bonds is 5. The molecule has 102 valence electrons. The van der Waals surface area contributed by atoms with Gasteiger partial charge in [-0.1, -0.05) is 56.8 Å². The summed E-state index contributed by atoms with van der Waals surface area (Å²) in [5.41, 5.74) is -0.328. The second kappa shape index (κ2) is 9.04. The van der Waals surface area contributed by atoms with E-state index in [0.717, 1.165) is 5.56 Å². The summed E-state index contributed by atoms with van der Waals surface area (Å²) in [4.78, 5) is 11.8. The van der Waals surface area contributed by atoms with Gasteiger partial charge >= 0.3 is 51.4 Å². The van der Waals surface area contributed by atoms with Crippen LogP contribution < -0.4 is 56.3 Å². The van der Waals surface area contributed by atoms with Crippen LogP contribution in [0.25, 0.3) is 0 Å². The van der Waals surface area contributed by atoms with Crippen molar-refractivity contribution in [3.05, 3.63) is 35.4 Å². The van der Waals surface area contributed by atoms with Crippen molar-refractivity contribution in [2.75, 3.05) is 6.61 Å². The molecule has 0 aliphatic rings. The maximum Gasteiger partial charge on any atom is 1.00 e. The Morgan fingerprint density at radius 1 is 1.26 bits per heavy atom. The first-order valence-electron chi connectivity index (χ1n) is 5.94. The molecule has 0 amide bonds. The van der Waals surface area contributed by atoms with Crippen molar-refractivity contribution >= 4 is 28.9 Å². The van der Waals surface area contributed by atoms with Gasteiger partial charge in [0.05, 0.1) is 0 Å². The molecule has 0 saturated heterocycles.